The van der Waals surface area contributed by atoms with Gasteiger partial charge in [0.1, 0.15) is 5.76 Å². The van der Waals surface area contributed by atoms with E-state index in [1.54, 1.807) is 48.9 Å². The topological polar surface area (TPSA) is 121 Å². The normalized spacial score (nSPS) is 13.5. The second-order valence-corrected chi connectivity index (χ2v) is 12.0. The summed E-state index contributed by atoms with van der Waals surface area (Å²) in [6, 6.07) is 16.3. The zero-order valence-corrected chi connectivity index (χ0v) is 24.1. The van der Waals surface area contributed by atoms with Gasteiger partial charge in [-0.3, -0.25) is 4.98 Å². The third-order valence-electron chi connectivity index (χ3n) is 7.23. The lowest BCUT2D eigenvalue weighted by molar-refractivity contribution is 0.174. The van der Waals surface area contributed by atoms with E-state index in [-0.39, 0.29) is 10.9 Å². The highest BCUT2D eigenvalue weighted by Crippen LogP contribution is 2.34. The number of oxazole rings is 1. The van der Waals surface area contributed by atoms with E-state index in [4.69, 9.17) is 4.42 Å². The van der Waals surface area contributed by atoms with Crippen LogP contribution in [0.5, 0.6) is 0 Å². The molecule has 0 saturated heterocycles. The molecule has 0 saturated carbocycles. The molecule has 9 nitrogen and oxygen atoms in total. The minimum Gasteiger partial charge on any atom is -0.428 e. The number of unbranched alkanes of at least 4 members (excludes halogenated alkanes) is 2. The number of nitrogens with one attached hydrogen (secondary N) is 2. The van der Waals surface area contributed by atoms with Crippen molar-refractivity contribution in [3.8, 4) is 0 Å². The number of aromatic nitrogens is 2. The fourth-order valence-corrected chi connectivity index (χ4v) is 6.35. The number of rotatable bonds is 14. The van der Waals surface area contributed by atoms with E-state index in [0.717, 1.165) is 54.6 Å². The van der Waals surface area contributed by atoms with Crippen LogP contribution in [-0.4, -0.2) is 43.1 Å². The quantitative estimate of drug-likeness (QED) is 0.176. The van der Waals surface area contributed by atoms with E-state index in [9.17, 15) is 13.5 Å². The molecule has 1 unspecified atom stereocenters. The minimum atomic E-state index is -4.01. The number of fused-ring (bicyclic) bond motifs is 1. The van der Waals surface area contributed by atoms with Crippen molar-refractivity contribution in [2.24, 2.45) is 0 Å². The summed E-state index contributed by atoms with van der Waals surface area (Å²) in [5.41, 5.74) is 4.20. The van der Waals surface area contributed by atoms with Gasteiger partial charge in [-0.2, -0.15) is 4.31 Å². The van der Waals surface area contributed by atoms with Crippen LogP contribution in [0, 0.1) is 0 Å². The molecule has 1 atom stereocenters. The number of sulfonamides is 1. The monoisotopic (exact) mass is 575 g/mol. The molecule has 41 heavy (non-hydrogen) atoms. The highest BCUT2D eigenvalue weighted by atomic mass is 32.2. The van der Waals surface area contributed by atoms with Crippen LogP contribution < -0.4 is 14.9 Å². The maximum atomic E-state index is 14.0. The van der Waals surface area contributed by atoms with Crippen LogP contribution in [-0.2, 0) is 29.3 Å². The average Bonchev–Trinajstić information content (AvgIpc) is 3.66. The van der Waals surface area contributed by atoms with E-state index in [1.165, 1.54) is 4.31 Å². The van der Waals surface area contributed by atoms with Gasteiger partial charge >= 0.3 is 6.01 Å². The van der Waals surface area contributed by atoms with Crippen LogP contribution in [0.3, 0.4) is 0 Å². The molecule has 0 aliphatic carbocycles. The van der Waals surface area contributed by atoms with E-state index in [2.05, 4.69) is 27.5 Å². The molecule has 0 bridgehead atoms. The van der Waals surface area contributed by atoms with Gasteiger partial charge in [-0.1, -0.05) is 38.0 Å². The summed E-state index contributed by atoms with van der Waals surface area (Å²) in [5.74, 6) is 0.669. The van der Waals surface area contributed by atoms with E-state index in [0.29, 0.717) is 37.4 Å². The molecule has 1 aliphatic heterocycles. The SMILES string of the molecule is CCCCCc1cnc(N(c2ccc(CCNCC(O)c3cccnc3)cc2)S(=O)(=O)c2ccc3c(c2)CCN3)o1. The van der Waals surface area contributed by atoms with Crippen LogP contribution in [0.1, 0.15) is 54.7 Å². The number of benzene rings is 2. The summed E-state index contributed by atoms with van der Waals surface area (Å²) in [6.07, 6.45) is 9.64. The van der Waals surface area contributed by atoms with Crippen molar-refractivity contribution in [1.29, 1.82) is 0 Å². The minimum absolute atomic E-state index is 0.0360. The van der Waals surface area contributed by atoms with Gasteiger partial charge in [0.05, 0.1) is 22.9 Å². The highest BCUT2D eigenvalue weighted by molar-refractivity contribution is 7.93. The smallest absolute Gasteiger partial charge is 0.316 e. The Kier molecular flexibility index (Phi) is 9.33. The number of aliphatic hydroxyl groups is 1. The molecular weight excluding hydrogens is 538 g/mol. The van der Waals surface area contributed by atoms with Crippen LogP contribution in [0.4, 0.5) is 17.4 Å². The van der Waals surface area contributed by atoms with Crippen molar-refractivity contribution in [3.63, 3.8) is 0 Å². The first kappa shape index (κ1) is 28.8. The van der Waals surface area contributed by atoms with Gasteiger partial charge in [-0.25, -0.2) is 13.4 Å². The number of aliphatic hydroxyl groups excluding tert-OH is 1. The van der Waals surface area contributed by atoms with Gasteiger partial charge in [0.25, 0.3) is 10.0 Å². The lowest BCUT2D eigenvalue weighted by Gasteiger charge is -2.21. The number of nitrogens with zero attached hydrogens (tertiary/aromatic N) is 3. The maximum Gasteiger partial charge on any atom is 0.316 e. The number of hydrogen-bond donors (Lipinski definition) is 3. The zero-order valence-electron chi connectivity index (χ0n) is 23.3. The Balaban J connectivity index is 1.32. The Morgan fingerprint density at radius 3 is 2.73 bits per heavy atom. The molecule has 0 fully saturated rings. The van der Waals surface area contributed by atoms with Gasteiger partial charge in [0.15, 0.2) is 0 Å². The van der Waals surface area contributed by atoms with Crippen LogP contribution >= 0.6 is 0 Å². The Hall–Kier alpha value is -3.73. The van der Waals surface area contributed by atoms with Gasteiger partial charge in [0.2, 0.25) is 0 Å². The van der Waals surface area contributed by atoms with Crippen molar-refractivity contribution in [2.45, 2.75) is 56.4 Å². The molecule has 3 N–H and O–H groups in total. The van der Waals surface area contributed by atoms with Crippen molar-refractivity contribution >= 4 is 27.4 Å². The summed E-state index contributed by atoms with van der Waals surface area (Å²) in [6.45, 7) is 4.00. The molecule has 5 rings (SSSR count). The molecule has 0 radical (unpaired) electrons. The molecule has 1 aliphatic rings. The van der Waals surface area contributed by atoms with Crippen molar-refractivity contribution in [1.82, 2.24) is 15.3 Å². The first-order valence-corrected chi connectivity index (χ1v) is 15.6. The van der Waals surface area contributed by atoms with Crippen molar-refractivity contribution in [2.75, 3.05) is 29.3 Å². The number of aryl methyl sites for hydroxylation is 1. The summed E-state index contributed by atoms with van der Waals surface area (Å²) in [5, 5.41) is 16.9. The number of hydrogen-bond acceptors (Lipinski definition) is 8. The summed E-state index contributed by atoms with van der Waals surface area (Å²) < 4.78 is 35.3. The molecule has 0 amide bonds. The largest absolute Gasteiger partial charge is 0.428 e. The van der Waals surface area contributed by atoms with Gasteiger partial charge in [-0.05, 0) is 73.3 Å². The maximum absolute atomic E-state index is 14.0. The van der Waals surface area contributed by atoms with E-state index >= 15 is 0 Å². The second kappa shape index (κ2) is 13.3. The zero-order chi connectivity index (χ0) is 28.7. The van der Waals surface area contributed by atoms with Crippen LogP contribution in [0.25, 0.3) is 0 Å². The third kappa shape index (κ3) is 6.95. The molecular formula is C31H37N5O4S. The molecule has 3 heterocycles. The molecule has 2 aromatic carbocycles. The van der Waals surface area contributed by atoms with E-state index < -0.39 is 16.1 Å². The van der Waals surface area contributed by atoms with Crippen LogP contribution in [0.2, 0.25) is 0 Å². The van der Waals surface area contributed by atoms with Crippen LogP contribution in [0.15, 0.2) is 82.5 Å². The molecule has 2 aromatic heterocycles. The first-order chi connectivity index (χ1) is 20.0. The van der Waals surface area contributed by atoms with Gasteiger partial charge in [0, 0.05) is 43.2 Å². The van der Waals surface area contributed by atoms with Gasteiger partial charge < -0.3 is 20.2 Å². The Morgan fingerprint density at radius 2 is 1.95 bits per heavy atom. The van der Waals surface area contributed by atoms with Gasteiger partial charge in [-0.15, -0.1) is 0 Å². The Bertz CT molecular complexity index is 1520. The summed E-state index contributed by atoms with van der Waals surface area (Å²) in [7, 11) is -4.01. The lowest BCUT2D eigenvalue weighted by Crippen LogP contribution is -2.27. The Labute approximate surface area is 241 Å². The fourth-order valence-electron chi connectivity index (χ4n) is 4.92. The summed E-state index contributed by atoms with van der Waals surface area (Å²) >= 11 is 0. The lowest BCUT2D eigenvalue weighted by atomic mass is 10.1. The second-order valence-electron chi connectivity index (χ2n) is 10.3. The predicted octanol–water partition coefficient (Wildman–Crippen LogP) is 5.16. The molecule has 4 aromatic rings. The molecule has 10 heteroatoms. The fraction of sp³-hybridized carbons (Fsp3) is 0.355. The predicted molar refractivity (Wildman–Crippen MR) is 160 cm³/mol. The van der Waals surface area contributed by atoms with E-state index in [1.807, 2.05) is 24.3 Å². The standard InChI is InChI=1S/C31H37N5O4S/c1-2-3-4-7-27-21-35-31(40-27)36(41(38,39)28-12-13-29-24(19-28)15-18-34-29)26-10-8-23(9-11-26)14-17-33-22-30(37)25-6-5-16-32-20-25/h5-6,8-13,16,19-21,30,33-34,37H,2-4,7,14-15,17-18,22H2,1H3. The van der Waals surface area contributed by atoms with Crippen molar-refractivity contribution in [3.05, 3.63) is 95.6 Å². The highest BCUT2D eigenvalue weighted by Gasteiger charge is 2.31. The number of pyridine rings is 1. The first-order valence-electron chi connectivity index (χ1n) is 14.2. The van der Waals surface area contributed by atoms with Crippen molar-refractivity contribution < 1.29 is 17.9 Å². The molecule has 0 spiro atoms. The summed E-state index contributed by atoms with van der Waals surface area (Å²) in [4.78, 5) is 8.64. The third-order valence-corrected chi connectivity index (χ3v) is 8.93. The Morgan fingerprint density at radius 1 is 1.10 bits per heavy atom. The average molecular weight is 576 g/mol. The number of anilines is 3. The molecule has 216 valence electrons.